The molecule has 4 aromatic rings. The number of hydrogen-bond acceptors (Lipinski definition) is 8. The molecule has 0 aliphatic carbocycles. The van der Waals surface area contributed by atoms with Gasteiger partial charge in [-0.15, -0.1) is 5.92 Å². The van der Waals surface area contributed by atoms with Crippen LogP contribution < -0.4 is 16.1 Å². The molecule has 12 heteroatoms. The fourth-order valence-corrected chi connectivity index (χ4v) is 6.31. The number of piperidine rings is 1. The van der Waals surface area contributed by atoms with Gasteiger partial charge in [0, 0.05) is 31.4 Å². The average Bonchev–Trinajstić information content (AvgIpc) is 3.59. The molecule has 2 amide bonds. The second-order valence-corrected chi connectivity index (χ2v) is 11.3. The molecule has 0 bridgehead atoms. The van der Waals surface area contributed by atoms with Crippen LogP contribution in [0, 0.1) is 11.8 Å². The van der Waals surface area contributed by atoms with E-state index in [9.17, 15) is 19.2 Å². The maximum Gasteiger partial charge on any atom is 0.332 e. The molecule has 2 aliphatic rings. The van der Waals surface area contributed by atoms with Gasteiger partial charge in [-0.25, -0.2) is 4.79 Å². The molecular weight excluding hydrogens is 584 g/mol. The predicted octanol–water partition coefficient (Wildman–Crippen LogP) is 3.03. The number of imide groups is 1. The highest BCUT2D eigenvalue weighted by atomic mass is 16.2. The van der Waals surface area contributed by atoms with Crippen LogP contribution in [0.3, 0.4) is 0 Å². The summed E-state index contributed by atoms with van der Waals surface area (Å²) in [7, 11) is 1.59. The van der Waals surface area contributed by atoms with Crippen molar-refractivity contribution in [2.75, 3.05) is 24.5 Å². The summed E-state index contributed by atoms with van der Waals surface area (Å²) >= 11 is 0. The van der Waals surface area contributed by atoms with Gasteiger partial charge in [0.25, 0.3) is 17.4 Å². The molecule has 234 valence electrons. The number of rotatable bonds is 8. The maximum atomic E-state index is 14.0. The summed E-state index contributed by atoms with van der Waals surface area (Å²) in [4.78, 5) is 70.7. The Morgan fingerprint density at radius 1 is 1.02 bits per heavy atom. The molecule has 12 nitrogen and oxygen atoms in total. The summed E-state index contributed by atoms with van der Waals surface area (Å²) in [5.41, 5.74) is 2.58. The van der Waals surface area contributed by atoms with Gasteiger partial charge < -0.3 is 4.90 Å². The van der Waals surface area contributed by atoms with Gasteiger partial charge in [0.1, 0.15) is 0 Å². The van der Waals surface area contributed by atoms with Crippen molar-refractivity contribution in [3.05, 3.63) is 86.1 Å². The molecule has 1 atom stereocenters. The number of carbonyl (C=O) groups is 2. The van der Waals surface area contributed by atoms with Gasteiger partial charge in [0.2, 0.25) is 5.95 Å². The zero-order chi connectivity index (χ0) is 32.5. The van der Waals surface area contributed by atoms with Gasteiger partial charge in [-0.3, -0.25) is 43.0 Å². The molecule has 0 spiro atoms. The summed E-state index contributed by atoms with van der Waals surface area (Å²) < 4.78 is 4.28. The number of benzene rings is 2. The van der Waals surface area contributed by atoms with Crippen LogP contribution in [0.4, 0.5) is 11.6 Å². The minimum atomic E-state index is -0.501. The van der Waals surface area contributed by atoms with E-state index in [0.717, 1.165) is 11.3 Å². The largest absolute Gasteiger partial charge is 0.340 e. The number of imidazole rings is 1. The Hall–Kier alpha value is -5.57. The van der Waals surface area contributed by atoms with E-state index in [4.69, 9.17) is 4.98 Å². The Bertz CT molecular complexity index is 2070. The summed E-state index contributed by atoms with van der Waals surface area (Å²) in [5.74, 6) is 5.79. The van der Waals surface area contributed by atoms with Gasteiger partial charge in [-0.2, -0.15) is 4.98 Å². The highest BCUT2D eigenvalue weighted by Gasteiger charge is 2.41. The van der Waals surface area contributed by atoms with Crippen LogP contribution >= 0.6 is 0 Å². The summed E-state index contributed by atoms with van der Waals surface area (Å²) in [6.07, 6.45) is 1.35. The van der Waals surface area contributed by atoms with E-state index in [1.807, 2.05) is 36.1 Å². The molecule has 2 aromatic carbocycles. The number of aryl methyl sites for hydroxylation is 1. The Balaban J connectivity index is 1.34. The number of carbonyl (C=O) groups excluding carboxylic acids is 2. The lowest BCUT2D eigenvalue weighted by atomic mass is 10.0. The van der Waals surface area contributed by atoms with E-state index in [-0.39, 0.29) is 48.7 Å². The first-order valence-electron chi connectivity index (χ1n) is 15.2. The number of anilines is 1. The van der Waals surface area contributed by atoms with Crippen LogP contribution in [-0.2, 0) is 20.1 Å². The Morgan fingerprint density at radius 3 is 2.41 bits per heavy atom. The van der Waals surface area contributed by atoms with Crippen molar-refractivity contribution in [1.29, 1.82) is 0 Å². The molecule has 0 N–H and O–H groups in total. The van der Waals surface area contributed by atoms with Crippen LogP contribution in [-0.4, -0.2) is 73.5 Å². The number of aromatic nitrogens is 4. The Morgan fingerprint density at radius 2 is 1.72 bits per heavy atom. The number of para-hydroxylation sites is 1. The maximum absolute atomic E-state index is 14.0. The highest BCUT2D eigenvalue weighted by Crippen LogP contribution is 2.30. The molecule has 2 aliphatic heterocycles. The number of fused-ring (bicyclic) bond motifs is 2. The van der Waals surface area contributed by atoms with Gasteiger partial charge >= 0.3 is 5.69 Å². The van der Waals surface area contributed by atoms with E-state index in [1.165, 1.54) is 14.0 Å². The monoisotopic (exact) mass is 618 g/mol. The summed E-state index contributed by atoms with van der Waals surface area (Å²) in [5, 5.41) is 0. The van der Waals surface area contributed by atoms with E-state index in [0.29, 0.717) is 48.7 Å². The van der Waals surface area contributed by atoms with E-state index < -0.39 is 11.2 Å². The zero-order valence-electron chi connectivity index (χ0n) is 26.1. The lowest BCUT2D eigenvalue weighted by molar-refractivity contribution is 0.0569. The lowest BCUT2D eigenvalue weighted by Crippen LogP contribution is -2.50. The van der Waals surface area contributed by atoms with Gasteiger partial charge in [-0.05, 0) is 51.6 Å². The van der Waals surface area contributed by atoms with Crippen molar-refractivity contribution in [3.8, 4) is 11.8 Å². The molecule has 1 unspecified atom stereocenters. The van der Waals surface area contributed by atoms with Crippen molar-refractivity contribution >= 4 is 47.0 Å². The number of aliphatic imine (C=N–C) groups is 2. The fraction of sp³-hybridized carbons (Fsp3) is 0.324. The predicted molar refractivity (Wildman–Crippen MR) is 178 cm³/mol. The minimum absolute atomic E-state index is 0.0635. The molecule has 4 heterocycles. The molecule has 2 aromatic heterocycles. The molecule has 1 fully saturated rings. The SMILES string of the molecule is C=Nc1ccccc1C(C)=NCCn1c(=O)c2c(nc(N3CCCC(N4C(=O)c5ccccc5C4=O)C3)n2CC#CC)n(C)c1=O. The summed E-state index contributed by atoms with van der Waals surface area (Å²) in [6.45, 7) is 8.56. The molecule has 46 heavy (non-hydrogen) atoms. The van der Waals surface area contributed by atoms with Crippen molar-refractivity contribution < 1.29 is 9.59 Å². The highest BCUT2D eigenvalue weighted by molar-refractivity contribution is 6.21. The zero-order valence-corrected chi connectivity index (χ0v) is 26.1. The third-order valence-corrected chi connectivity index (χ3v) is 8.63. The van der Waals surface area contributed by atoms with Crippen molar-refractivity contribution in [2.24, 2.45) is 17.0 Å². The van der Waals surface area contributed by atoms with Crippen LogP contribution in [0.2, 0.25) is 0 Å². The van der Waals surface area contributed by atoms with Crippen molar-refractivity contribution in [1.82, 2.24) is 23.6 Å². The first-order valence-corrected chi connectivity index (χ1v) is 15.2. The standard InChI is InChI=1S/C34H34N8O4/c1-5-6-19-40-28-29(38(4)34(46)41(32(28)45)20-17-36-22(2)24-13-9-10-16-27(24)35-3)37-33(40)39-18-11-12-23(21-39)42-30(43)25-14-7-8-15-26(25)31(42)44/h7-10,13-16,23H,3,11-12,17-21H2,1-2,4H3. The Kier molecular flexibility index (Phi) is 8.23. The van der Waals surface area contributed by atoms with Gasteiger partial charge in [0.05, 0.1) is 42.5 Å². The van der Waals surface area contributed by atoms with Crippen LogP contribution in [0.1, 0.15) is 53.0 Å². The normalized spacial score (nSPS) is 16.5. The third-order valence-electron chi connectivity index (χ3n) is 8.63. The number of amides is 2. The van der Waals surface area contributed by atoms with Gasteiger partial charge in [-0.1, -0.05) is 36.3 Å². The van der Waals surface area contributed by atoms with Crippen LogP contribution in [0.25, 0.3) is 11.2 Å². The van der Waals surface area contributed by atoms with Crippen LogP contribution in [0.5, 0.6) is 0 Å². The lowest BCUT2D eigenvalue weighted by Gasteiger charge is -2.37. The van der Waals surface area contributed by atoms with Crippen molar-refractivity contribution in [3.63, 3.8) is 0 Å². The Labute approximate surface area is 265 Å². The minimum Gasteiger partial charge on any atom is -0.340 e. The fourth-order valence-electron chi connectivity index (χ4n) is 6.31. The molecule has 0 saturated carbocycles. The molecule has 0 radical (unpaired) electrons. The van der Waals surface area contributed by atoms with Crippen LogP contribution in [0.15, 0.2) is 68.1 Å². The average molecular weight is 619 g/mol. The van der Waals surface area contributed by atoms with E-state index >= 15 is 0 Å². The quantitative estimate of drug-likeness (QED) is 0.170. The first kappa shape index (κ1) is 30.5. The van der Waals surface area contributed by atoms with E-state index in [1.54, 1.807) is 42.8 Å². The smallest absolute Gasteiger partial charge is 0.332 e. The molecular formula is C34H34N8O4. The summed E-state index contributed by atoms with van der Waals surface area (Å²) in [6, 6.07) is 14.0. The van der Waals surface area contributed by atoms with Gasteiger partial charge in [0.15, 0.2) is 11.2 Å². The third kappa shape index (κ3) is 5.13. The number of nitrogens with zero attached hydrogens (tertiary/aromatic N) is 8. The first-order chi connectivity index (χ1) is 22.3. The topological polar surface area (TPSA) is 127 Å². The second kappa shape index (κ2) is 12.4. The van der Waals surface area contributed by atoms with Crippen molar-refractivity contribution in [2.45, 2.75) is 45.8 Å². The molecule has 1 saturated heterocycles. The van der Waals surface area contributed by atoms with E-state index in [2.05, 4.69) is 28.5 Å². The molecule has 6 rings (SSSR count). The second-order valence-electron chi connectivity index (χ2n) is 11.3. The number of hydrogen-bond donors (Lipinski definition) is 0.